The number of aromatic nitrogens is 1. The van der Waals surface area contributed by atoms with Gasteiger partial charge in [0.15, 0.2) is 17.2 Å². The van der Waals surface area contributed by atoms with Crippen LogP contribution in [0.2, 0.25) is 0 Å². The molecule has 0 aliphatic rings. The van der Waals surface area contributed by atoms with Crippen molar-refractivity contribution in [1.29, 1.82) is 0 Å². The Hall–Kier alpha value is -4.12. The minimum Gasteiger partial charge on any atom is -0.493 e. The second-order valence-electron chi connectivity index (χ2n) is 9.41. The fourth-order valence-electron chi connectivity index (χ4n) is 3.78. The van der Waals surface area contributed by atoms with Crippen LogP contribution in [-0.4, -0.2) is 41.9 Å². The Labute approximate surface area is 219 Å². The Balaban J connectivity index is 2.29. The van der Waals surface area contributed by atoms with E-state index < -0.39 is 29.3 Å². The number of aryl methyl sites for hydroxylation is 1. The summed E-state index contributed by atoms with van der Waals surface area (Å²) in [5.74, 6) is -1.05. The van der Waals surface area contributed by atoms with E-state index in [1.165, 1.54) is 19.1 Å². The molecule has 11 heteroatoms. The zero-order valence-electron chi connectivity index (χ0n) is 21.6. The number of ether oxygens (including phenoxy) is 2. The average Bonchev–Trinajstić information content (AvgIpc) is 3.22. The van der Waals surface area contributed by atoms with Gasteiger partial charge in [0.2, 0.25) is 5.91 Å². The molecule has 10 nitrogen and oxygen atoms in total. The van der Waals surface area contributed by atoms with Gasteiger partial charge in [-0.1, -0.05) is 18.2 Å². The lowest BCUT2D eigenvalue weighted by atomic mass is 9.99. The van der Waals surface area contributed by atoms with Gasteiger partial charge in [-0.15, -0.1) is 0 Å². The highest BCUT2D eigenvalue weighted by molar-refractivity contribution is 7.09. The molecule has 3 rings (SSSR count). The van der Waals surface area contributed by atoms with Gasteiger partial charge >= 0.3 is 0 Å². The Bertz CT molecular complexity index is 1330. The summed E-state index contributed by atoms with van der Waals surface area (Å²) < 4.78 is 14.8. The number of hydrogen-bond donors (Lipinski definition) is 3. The number of benzene rings is 2. The van der Waals surface area contributed by atoms with E-state index in [2.05, 4.69) is 9.69 Å². The molecule has 0 bridgehead atoms. The van der Waals surface area contributed by atoms with Gasteiger partial charge in [-0.2, -0.15) is 4.37 Å². The Morgan fingerprint density at radius 1 is 1.05 bits per heavy atom. The fourth-order valence-corrected chi connectivity index (χ4v) is 4.52. The number of rotatable bonds is 8. The standard InChI is InChI=1S/C26H31N5O5S/c1-14-8-7-9-16(12-14)31(25(34)22-19(27)20(23(28)32)30-37-22)21(24(33)29-26(2,3)4)15-10-11-17(35-5)18(13-15)36-6/h7-13,21H,27H2,1-6H3,(H2,28,32)(H,29,33)/t21-/m0/s1. The lowest BCUT2D eigenvalue weighted by Crippen LogP contribution is -2.49. The first-order valence-electron chi connectivity index (χ1n) is 11.4. The van der Waals surface area contributed by atoms with Crippen LogP contribution in [0.15, 0.2) is 42.5 Å². The lowest BCUT2D eigenvalue weighted by molar-refractivity contribution is -0.123. The summed E-state index contributed by atoms with van der Waals surface area (Å²) in [4.78, 5) is 41.0. The van der Waals surface area contributed by atoms with Gasteiger partial charge < -0.3 is 26.3 Å². The van der Waals surface area contributed by atoms with E-state index in [-0.39, 0.29) is 16.3 Å². The quantitative estimate of drug-likeness (QED) is 0.408. The number of nitrogens with zero attached hydrogens (tertiary/aromatic N) is 2. The van der Waals surface area contributed by atoms with Crippen molar-refractivity contribution in [3.63, 3.8) is 0 Å². The number of methoxy groups -OCH3 is 2. The van der Waals surface area contributed by atoms with Crippen LogP contribution in [0.4, 0.5) is 11.4 Å². The third kappa shape index (κ3) is 6.00. The molecule has 1 atom stereocenters. The van der Waals surface area contributed by atoms with Gasteiger partial charge in [0.1, 0.15) is 10.9 Å². The van der Waals surface area contributed by atoms with Crippen molar-refractivity contribution in [2.24, 2.45) is 5.73 Å². The number of nitrogens with one attached hydrogen (secondary N) is 1. The SMILES string of the molecule is COc1ccc([C@@H](C(=O)NC(C)(C)C)N(C(=O)c2snc(C(N)=O)c2N)c2cccc(C)c2)cc1OC. The van der Waals surface area contributed by atoms with Crippen molar-refractivity contribution < 1.29 is 23.9 Å². The summed E-state index contributed by atoms with van der Waals surface area (Å²) >= 11 is 0.748. The molecular formula is C26H31N5O5S. The molecule has 0 aliphatic heterocycles. The van der Waals surface area contributed by atoms with E-state index in [1.54, 1.807) is 36.4 Å². The molecule has 0 saturated carbocycles. The number of carbonyl (C=O) groups is 3. The van der Waals surface area contributed by atoms with E-state index in [0.29, 0.717) is 22.7 Å². The zero-order valence-corrected chi connectivity index (χ0v) is 22.4. The number of nitrogens with two attached hydrogens (primary N) is 2. The molecular weight excluding hydrogens is 494 g/mol. The van der Waals surface area contributed by atoms with Gasteiger partial charge in [-0.25, -0.2) is 0 Å². The molecule has 3 amide bonds. The highest BCUT2D eigenvalue weighted by Gasteiger charge is 2.37. The Morgan fingerprint density at radius 3 is 2.27 bits per heavy atom. The largest absolute Gasteiger partial charge is 0.493 e. The predicted octanol–water partition coefficient (Wildman–Crippen LogP) is 3.45. The van der Waals surface area contributed by atoms with Gasteiger partial charge in [0, 0.05) is 11.2 Å². The van der Waals surface area contributed by atoms with Gasteiger partial charge in [0.25, 0.3) is 11.8 Å². The molecule has 5 N–H and O–H groups in total. The second kappa shape index (κ2) is 10.9. The van der Waals surface area contributed by atoms with Crippen LogP contribution < -0.4 is 31.2 Å². The number of hydrogen-bond acceptors (Lipinski definition) is 8. The first-order valence-corrected chi connectivity index (χ1v) is 12.1. The molecule has 37 heavy (non-hydrogen) atoms. The third-order valence-electron chi connectivity index (χ3n) is 5.38. The van der Waals surface area contributed by atoms with Gasteiger partial charge in [0.05, 0.1) is 19.9 Å². The normalized spacial score (nSPS) is 11.9. The smallest absolute Gasteiger partial charge is 0.273 e. The maximum Gasteiger partial charge on any atom is 0.273 e. The van der Waals surface area contributed by atoms with Crippen LogP contribution in [0, 0.1) is 6.92 Å². The molecule has 2 aromatic carbocycles. The molecule has 0 saturated heterocycles. The minimum absolute atomic E-state index is 0.00987. The maximum absolute atomic E-state index is 14.1. The predicted molar refractivity (Wildman–Crippen MR) is 143 cm³/mol. The highest BCUT2D eigenvalue weighted by atomic mass is 32.1. The zero-order chi connectivity index (χ0) is 27.5. The number of primary amides is 1. The van der Waals surface area contributed by atoms with Crippen molar-refractivity contribution in [1.82, 2.24) is 9.69 Å². The molecule has 0 spiro atoms. The summed E-state index contributed by atoms with van der Waals surface area (Å²) in [5.41, 5.74) is 12.3. The number of carbonyl (C=O) groups excluding carboxylic acids is 3. The third-order valence-corrected chi connectivity index (χ3v) is 6.23. The molecule has 0 fully saturated rings. The Kier molecular flexibility index (Phi) is 8.07. The average molecular weight is 526 g/mol. The molecule has 1 aromatic heterocycles. The van der Waals surface area contributed by atoms with E-state index in [4.69, 9.17) is 20.9 Å². The molecule has 3 aromatic rings. The molecule has 0 radical (unpaired) electrons. The molecule has 196 valence electrons. The topological polar surface area (TPSA) is 150 Å². The van der Waals surface area contributed by atoms with E-state index in [1.807, 2.05) is 33.8 Å². The van der Waals surface area contributed by atoms with Crippen molar-refractivity contribution in [3.8, 4) is 11.5 Å². The summed E-state index contributed by atoms with van der Waals surface area (Å²) in [7, 11) is 2.99. The van der Waals surface area contributed by atoms with Gasteiger partial charge in [-0.05, 0) is 74.6 Å². The fraction of sp³-hybridized carbons (Fsp3) is 0.308. The van der Waals surface area contributed by atoms with Crippen LogP contribution in [0.25, 0.3) is 0 Å². The van der Waals surface area contributed by atoms with E-state index >= 15 is 0 Å². The summed E-state index contributed by atoms with van der Waals surface area (Å²) in [5, 5.41) is 2.97. The number of amides is 3. The minimum atomic E-state index is -1.15. The van der Waals surface area contributed by atoms with E-state index in [0.717, 1.165) is 17.1 Å². The summed E-state index contributed by atoms with van der Waals surface area (Å²) in [6, 6.07) is 11.0. The number of anilines is 2. The highest BCUT2D eigenvalue weighted by Crippen LogP contribution is 2.37. The van der Waals surface area contributed by atoms with Crippen molar-refractivity contribution in [2.45, 2.75) is 39.3 Å². The first kappa shape index (κ1) is 27.5. The van der Waals surface area contributed by atoms with Crippen LogP contribution in [0.1, 0.15) is 58.1 Å². The first-order chi connectivity index (χ1) is 17.4. The molecule has 0 unspecified atom stereocenters. The molecule has 0 aliphatic carbocycles. The van der Waals surface area contributed by atoms with Crippen molar-refractivity contribution >= 4 is 40.6 Å². The summed E-state index contributed by atoms with van der Waals surface area (Å²) in [6.07, 6.45) is 0. The van der Waals surface area contributed by atoms with Crippen LogP contribution in [-0.2, 0) is 4.79 Å². The molecule has 1 heterocycles. The Morgan fingerprint density at radius 2 is 1.73 bits per heavy atom. The van der Waals surface area contributed by atoms with E-state index in [9.17, 15) is 14.4 Å². The van der Waals surface area contributed by atoms with Crippen molar-refractivity contribution in [2.75, 3.05) is 24.9 Å². The summed E-state index contributed by atoms with van der Waals surface area (Å²) in [6.45, 7) is 7.40. The monoisotopic (exact) mass is 525 g/mol. The number of nitrogen functional groups attached to an aromatic ring is 1. The van der Waals surface area contributed by atoms with Crippen LogP contribution in [0.5, 0.6) is 11.5 Å². The van der Waals surface area contributed by atoms with Crippen LogP contribution in [0.3, 0.4) is 0 Å². The lowest BCUT2D eigenvalue weighted by Gasteiger charge is -2.34. The maximum atomic E-state index is 14.1. The second-order valence-corrected chi connectivity index (χ2v) is 10.2. The van der Waals surface area contributed by atoms with Gasteiger partial charge in [-0.3, -0.25) is 19.3 Å². The van der Waals surface area contributed by atoms with Crippen LogP contribution >= 0.6 is 11.5 Å². The van der Waals surface area contributed by atoms with Crippen molar-refractivity contribution in [3.05, 3.63) is 64.2 Å².